The standard InChI is InChI=1S/C7H14O4/c1-5(2)10-4-6(3)7(8)11-9/h5-6,9H,4H2,1-3H3. The molecule has 0 aromatic heterocycles. The lowest BCUT2D eigenvalue weighted by Gasteiger charge is -2.10. The van der Waals surface area contributed by atoms with Gasteiger partial charge in [0.15, 0.2) is 0 Å². The first-order valence-corrected chi connectivity index (χ1v) is 3.54. The van der Waals surface area contributed by atoms with Gasteiger partial charge in [-0.1, -0.05) is 0 Å². The maximum atomic E-state index is 10.6. The number of hydrogen-bond acceptors (Lipinski definition) is 4. The van der Waals surface area contributed by atoms with Crippen LogP contribution >= 0.6 is 0 Å². The normalized spacial score (nSPS) is 13.2. The van der Waals surface area contributed by atoms with Crippen LogP contribution in [0.4, 0.5) is 0 Å². The van der Waals surface area contributed by atoms with Gasteiger partial charge in [-0.15, -0.1) is 0 Å². The summed E-state index contributed by atoms with van der Waals surface area (Å²) in [7, 11) is 0. The Bertz CT molecular complexity index is 122. The lowest BCUT2D eigenvalue weighted by molar-refractivity contribution is -0.240. The molecule has 66 valence electrons. The third-order valence-corrected chi connectivity index (χ3v) is 1.17. The van der Waals surface area contributed by atoms with E-state index < -0.39 is 11.9 Å². The van der Waals surface area contributed by atoms with Gasteiger partial charge in [0.25, 0.3) is 0 Å². The Hall–Kier alpha value is -0.610. The topological polar surface area (TPSA) is 55.8 Å². The van der Waals surface area contributed by atoms with Crippen molar-refractivity contribution in [2.24, 2.45) is 5.92 Å². The third kappa shape index (κ3) is 4.75. The Morgan fingerprint density at radius 1 is 1.45 bits per heavy atom. The van der Waals surface area contributed by atoms with Crippen molar-refractivity contribution in [2.75, 3.05) is 6.61 Å². The molecule has 0 bridgehead atoms. The van der Waals surface area contributed by atoms with Gasteiger partial charge in [-0.3, -0.25) is 0 Å². The molecule has 0 aromatic rings. The molecule has 11 heavy (non-hydrogen) atoms. The van der Waals surface area contributed by atoms with E-state index in [2.05, 4.69) is 4.89 Å². The van der Waals surface area contributed by atoms with Gasteiger partial charge >= 0.3 is 5.97 Å². The molecule has 0 rings (SSSR count). The van der Waals surface area contributed by atoms with Crippen LogP contribution < -0.4 is 0 Å². The van der Waals surface area contributed by atoms with Crippen molar-refractivity contribution in [1.29, 1.82) is 0 Å². The maximum absolute atomic E-state index is 10.6. The van der Waals surface area contributed by atoms with Crippen LogP contribution in [-0.2, 0) is 14.4 Å². The highest BCUT2D eigenvalue weighted by molar-refractivity contribution is 5.71. The van der Waals surface area contributed by atoms with Gasteiger partial charge in [0.1, 0.15) is 0 Å². The molecule has 1 N–H and O–H groups in total. The zero-order valence-corrected chi connectivity index (χ0v) is 7.03. The van der Waals surface area contributed by atoms with Crippen molar-refractivity contribution in [1.82, 2.24) is 0 Å². The second-order valence-corrected chi connectivity index (χ2v) is 2.69. The van der Waals surface area contributed by atoms with Crippen LogP contribution in [-0.4, -0.2) is 23.9 Å². The first-order chi connectivity index (χ1) is 5.07. The van der Waals surface area contributed by atoms with Crippen LogP contribution in [0.2, 0.25) is 0 Å². The molecule has 0 amide bonds. The molecule has 0 fully saturated rings. The van der Waals surface area contributed by atoms with E-state index >= 15 is 0 Å². The van der Waals surface area contributed by atoms with Gasteiger partial charge in [-0.25, -0.2) is 4.79 Å². The lowest BCUT2D eigenvalue weighted by atomic mass is 10.2. The SMILES string of the molecule is CC(C)OCC(C)C(=O)OO. The van der Waals surface area contributed by atoms with Crippen molar-refractivity contribution in [2.45, 2.75) is 26.9 Å². The van der Waals surface area contributed by atoms with Gasteiger partial charge in [-0.2, -0.15) is 5.26 Å². The van der Waals surface area contributed by atoms with Gasteiger partial charge < -0.3 is 9.62 Å². The van der Waals surface area contributed by atoms with E-state index in [9.17, 15) is 4.79 Å². The highest BCUT2D eigenvalue weighted by atomic mass is 17.1. The molecule has 0 spiro atoms. The van der Waals surface area contributed by atoms with E-state index in [4.69, 9.17) is 9.99 Å². The molecular weight excluding hydrogens is 148 g/mol. The summed E-state index contributed by atoms with van der Waals surface area (Å²) in [5.74, 6) is -1.08. The number of carbonyl (C=O) groups is 1. The fourth-order valence-electron chi connectivity index (χ4n) is 0.495. The molecule has 0 aliphatic carbocycles. The summed E-state index contributed by atoms with van der Waals surface area (Å²) in [4.78, 5) is 14.1. The van der Waals surface area contributed by atoms with Crippen LogP contribution in [0.1, 0.15) is 20.8 Å². The quantitative estimate of drug-likeness (QED) is 0.496. The molecule has 0 saturated heterocycles. The molecule has 0 aromatic carbocycles. The summed E-state index contributed by atoms with van der Waals surface area (Å²) in [5, 5.41) is 7.97. The van der Waals surface area contributed by atoms with E-state index in [1.165, 1.54) is 0 Å². The Kier molecular flexibility index (Phi) is 4.81. The van der Waals surface area contributed by atoms with Crippen molar-refractivity contribution < 1.29 is 19.7 Å². The maximum Gasteiger partial charge on any atom is 0.347 e. The predicted molar refractivity (Wildman–Crippen MR) is 39.0 cm³/mol. The van der Waals surface area contributed by atoms with Crippen LogP contribution in [0.3, 0.4) is 0 Å². The molecule has 0 saturated carbocycles. The second kappa shape index (κ2) is 5.09. The number of rotatable bonds is 4. The monoisotopic (exact) mass is 162 g/mol. The Balaban J connectivity index is 3.52. The molecule has 0 radical (unpaired) electrons. The summed E-state index contributed by atoms with van der Waals surface area (Å²) < 4.78 is 5.11. The first-order valence-electron chi connectivity index (χ1n) is 3.54. The molecule has 1 unspecified atom stereocenters. The van der Waals surface area contributed by atoms with E-state index in [0.717, 1.165) is 0 Å². The Labute approximate surface area is 66.0 Å². The fraction of sp³-hybridized carbons (Fsp3) is 0.857. The molecule has 0 aliphatic rings. The lowest BCUT2D eigenvalue weighted by Crippen LogP contribution is -2.20. The smallest absolute Gasteiger partial charge is 0.347 e. The predicted octanol–water partition coefficient (Wildman–Crippen LogP) is 1.06. The zero-order chi connectivity index (χ0) is 8.85. The summed E-state index contributed by atoms with van der Waals surface area (Å²) >= 11 is 0. The molecule has 4 nitrogen and oxygen atoms in total. The number of carbonyl (C=O) groups excluding carboxylic acids is 1. The molecule has 0 heterocycles. The average Bonchev–Trinajstić information content (AvgIpc) is 1.98. The molecular formula is C7H14O4. The number of ether oxygens (including phenoxy) is 1. The van der Waals surface area contributed by atoms with Crippen molar-refractivity contribution >= 4 is 5.97 Å². The average molecular weight is 162 g/mol. The summed E-state index contributed by atoms with van der Waals surface area (Å²) in [6, 6.07) is 0. The highest BCUT2D eigenvalue weighted by Gasteiger charge is 2.14. The van der Waals surface area contributed by atoms with E-state index in [0.29, 0.717) is 0 Å². The molecule has 0 aliphatic heterocycles. The van der Waals surface area contributed by atoms with E-state index in [1.807, 2.05) is 13.8 Å². The highest BCUT2D eigenvalue weighted by Crippen LogP contribution is 2.00. The summed E-state index contributed by atoms with van der Waals surface area (Å²) in [6.45, 7) is 5.64. The largest absolute Gasteiger partial charge is 0.378 e. The second-order valence-electron chi connectivity index (χ2n) is 2.69. The van der Waals surface area contributed by atoms with Crippen LogP contribution in [0.15, 0.2) is 0 Å². The van der Waals surface area contributed by atoms with Crippen molar-refractivity contribution in [3.05, 3.63) is 0 Å². The Morgan fingerprint density at radius 2 is 2.00 bits per heavy atom. The minimum Gasteiger partial charge on any atom is -0.378 e. The fourth-order valence-corrected chi connectivity index (χ4v) is 0.495. The van der Waals surface area contributed by atoms with Gasteiger partial charge in [-0.05, 0) is 20.8 Å². The van der Waals surface area contributed by atoms with Crippen LogP contribution in [0, 0.1) is 5.92 Å². The minimum absolute atomic E-state index is 0.0870. The minimum atomic E-state index is -0.661. The van der Waals surface area contributed by atoms with Crippen LogP contribution in [0.5, 0.6) is 0 Å². The molecule has 1 atom stereocenters. The zero-order valence-electron chi connectivity index (χ0n) is 7.03. The summed E-state index contributed by atoms with van der Waals surface area (Å²) in [6.07, 6.45) is 0.0870. The molecule has 4 heteroatoms. The summed E-state index contributed by atoms with van der Waals surface area (Å²) in [5.41, 5.74) is 0. The first kappa shape index (κ1) is 10.4. The van der Waals surface area contributed by atoms with Gasteiger partial charge in [0, 0.05) is 0 Å². The van der Waals surface area contributed by atoms with E-state index in [-0.39, 0.29) is 12.7 Å². The number of hydrogen-bond donors (Lipinski definition) is 1. The Morgan fingerprint density at radius 3 is 2.36 bits per heavy atom. The van der Waals surface area contributed by atoms with Crippen molar-refractivity contribution in [3.8, 4) is 0 Å². The van der Waals surface area contributed by atoms with Gasteiger partial charge in [0.2, 0.25) is 0 Å². The van der Waals surface area contributed by atoms with Crippen LogP contribution in [0.25, 0.3) is 0 Å². The van der Waals surface area contributed by atoms with Gasteiger partial charge in [0.05, 0.1) is 18.6 Å². The van der Waals surface area contributed by atoms with Crippen molar-refractivity contribution in [3.63, 3.8) is 0 Å². The third-order valence-electron chi connectivity index (χ3n) is 1.17. The van der Waals surface area contributed by atoms with E-state index in [1.54, 1.807) is 6.92 Å².